The molecule has 3 rings (SSSR count). The molecular formula is C34H50N4O. The van der Waals surface area contributed by atoms with E-state index in [9.17, 15) is 4.79 Å². The van der Waals surface area contributed by atoms with E-state index in [4.69, 9.17) is 5.10 Å². The molecule has 0 radical (unpaired) electrons. The summed E-state index contributed by atoms with van der Waals surface area (Å²) in [6.07, 6.45) is 5.43. The maximum absolute atomic E-state index is 12.0. The Labute approximate surface area is 237 Å². The average molecular weight is 531 g/mol. The second-order valence-corrected chi connectivity index (χ2v) is 13.0. The van der Waals surface area contributed by atoms with Crippen molar-refractivity contribution in [2.24, 2.45) is 5.10 Å². The normalized spacial score (nSPS) is 11.9. The van der Waals surface area contributed by atoms with E-state index in [1.54, 1.807) is 6.92 Å². The molecular weight excluding hydrogens is 480 g/mol. The monoisotopic (exact) mass is 530 g/mol. The molecule has 0 aliphatic rings. The van der Waals surface area contributed by atoms with Crippen molar-refractivity contribution in [2.45, 2.75) is 114 Å². The Morgan fingerprint density at radius 3 is 1.72 bits per heavy atom. The van der Waals surface area contributed by atoms with E-state index in [0.29, 0.717) is 6.42 Å². The van der Waals surface area contributed by atoms with Crippen LogP contribution in [0.1, 0.15) is 109 Å². The number of rotatable bonds is 6. The lowest BCUT2D eigenvalue weighted by molar-refractivity contribution is 0.101. The van der Waals surface area contributed by atoms with Crippen LogP contribution in [0.4, 0.5) is 0 Å². The van der Waals surface area contributed by atoms with Gasteiger partial charge in [0.1, 0.15) is 0 Å². The van der Waals surface area contributed by atoms with Crippen molar-refractivity contribution < 1.29 is 4.79 Å². The molecule has 0 bridgehead atoms. The second-order valence-electron chi connectivity index (χ2n) is 13.0. The van der Waals surface area contributed by atoms with Crippen LogP contribution >= 0.6 is 0 Å². The van der Waals surface area contributed by atoms with E-state index in [2.05, 4.69) is 118 Å². The zero-order valence-corrected chi connectivity index (χ0v) is 26.6. The predicted molar refractivity (Wildman–Crippen MR) is 166 cm³/mol. The van der Waals surface area contributed by atoms with Crippen LogP contribution in [0.15, 0.2) is 35.6 Å². The minimum absolute atomic E-state index is 0.0356. The first-order chi connectivity index (χ1) is 17.9. The summed E-state index contributed by atoms with van der Waals surface area (Å²) in [4.78, 5) is 12.0. The summed E-state index contributed by atoms with van der Waals surface area (Å²) in [5, 5.41) is 8.97. The third-order valence-electron chi connectivity index (χ3n) is 6.67. The number of carbonyl (C=O) groups is 1. The van der Waals surface area contributed by atoms with Gasteiger partial charge in [-0.1, -0.05) is 35.4 Å². The van der Waals surface area contributed by atoms with Crippen LogP contribution < -0.4 is 5.43 Å². The molecule has 1 aromatic heterocycles. The highest BCUT2D eigenvalue weighted by Gasteiger charge is 2.21. The summed E-state index contributed by atoms with van der Waals surface area (Å²) in [6, 6.07) is 8.84. The Kier molecular flexibility index (Phi) is 10.5. The number of aromatic nitrogens is 2. The topological polar surface area (TPSA) is 59.3 Å². The Morgan fingerprint density at radius 2 is 1.31 bits per heavy atom. The first-order valence-corrected chi connectivity index (χ1v) is 13.9. The molecule has 0 atom stereocenters. The molecule has 0 aliphatic heterocycles. The SMILES string of the molecule is CC(=O)c1cn(C(C)(C)C)nc1Cc1c(C)cc(C)cc1C.Cc1cc(C)c(C/C=N/NC(C)(C)C)c(C)c1. The fourth-order valence-electron chi connectivity index (χ4n) is 4.74. The molecule has 0 spiro atoms. The van der Waals surface area contributed by atoms with Crippen LogP contribution in [0.25, 0.3) is 0 Å². The molecule has 0 unspecified atom stereocenters. The van der Waals surface area contributed by atoms with Gasteiger partial charge >= 0.3 is 0 Å². The van der Waals surface area contributed by atoms with Gasteiger partial charge in [-0.15, -0.1) is 0 Å². The standard InChI is InChI=1S/C19H26N2O.C15H24N2/c1-12-8-13(2)16(14(3)9-12)10-18-17(15(4)22)11-21(20-18)19(5,6)7;1-11-9-12(2)14(13(3)10-11)7-8-16-17-15(4,5)6/h8-9,11H,10H2,1-7H3;8-10,17H,7H2,1-6H3/b;16-8+. The van der Waals surface area contributed by atoms with Crippen LogP contribution in [-0.2, 0) is 18.4 Å². The number of carbonyl (C=O) groups excluding carboxylic acids is 1. The third kappa shape index (κ3) is 9.49. The number of aryl methyl sites for hydroxylation is 6. The van der Waals surface area contributed by atoms with Gasteiger partial charge in [-0.25, -0.2) is 0 Å². The first-order valence-electron chi connectivity index (χ1n) is 13.9. The first kappa shape index (κ1) is 32.0. The van der Waals surface area contributed by atoms with Crippen LogP contribution in [0, 0.1) is 41.5 Å². The Morgan fingerprint density at radius 1 is 0.846 bits per heavy atom. The number of ketones is 1. The largest absolute Gasteiger partial charge is 0.305 e. The molecule has 1 heterocycles. The molecule has 0 saturated heterocycles. The summed E-state index contributed by atoms with van der Waals surface area (Å²) in [5.41, 5.74) is 15.1. The maximum atomic E-state index is 12.0. The zero-order valence-electron chi connectivity index (χ0n) is 26.6. The van der Waals surface area contributed by atoms with E-state index < -0.39 is 0 Å². The number of Topliss-reactive ketones (excluding diaryl/α,β-unsaturated/α-hetero) is 1. The number of hydrogen-bond acceptors (Lipinski definition) is 4. The number of hydrogen-bond donors (Lipinski definition) is 1. The van der Waals surface area contributed by atoms with E-state index in [-0.39, 0.29) is 16.9 Å². The molecule has 0 aliphatic carbocycles. The van der Waals surface area contributed by atoms with Crippen molar-refractivity contribution in [1.29, 1.82) is 0 Å². The Hall–Kier alpha value is -3.21. The van der Waals surface area contributed by atoms with Crippen molar-refractivity contribution in [3.8, 4) is 0 Å². The highest BCUT2D eigenvalue weighted by Crippen LogP contribution is 2.24. The number of nitrogens with one attached hydrogen (secondary N) is 1. The third-order valence-corrected chi connectivity index (χ3v) is 6.67. The van der Waals surface area contributed by atoms with Crippen LogP contribution in [0.2, 0.25) is 0 Å². The molecule has 5 nitrogen and oxygen atoms in total. The van der Waals surface area contributed by atoms with Gasteiger partial charge in [-0.2, -0.15) is 10.2 Å². The van der Waals surface area contributed by atoms with Gasteiger partial charge in [0, 0.05) is 30.8 Å². The molecule has 0 fully saturated rings. The highest BCUT2D eigenvalue weighted by atomic mass is 16.1. The molecule has 212 valence electrons. The zero-order chi connectivity index (χ0) is 29.7. The lowest BCUT2D eigenvalue weighted by Gasteiger charge is -2.19. The van der Waals surface area contributed by atoms with Gasteiger partial charge in [-0.3, -0.25) is 9.48 Å². The fourth-order valence-corrected chi connectivity index (χ4v) is 4.74. The summed E-state index contributed by atoms with van der Waals surface area (Å²) in [7, 11) is 0. The number of hydrazone groups is 1. The Bertz CT molecular complexity index is 1280. The molecule has 3 aromatic rings. The van der Waals surface area contributed by atoms with Gasteiger partial charge in [0.25, 0.3) is 0 Å². The summed E-state index contributed by atoms with van der Waals surface area (Å²) in [5.74, 6) is 0.0768. The quantitative estimate of drug-likeness (QED) is 0.200. The van der Waals surface area contributed by atoms with Crippen molar-refractivity contribution in [3.05, 3.63) is 86.2 Å². The second kappa shape index (κ2) is 12.8. The molecule has 1 N–H and O–H groups in total. The van der Waals surface area contributed by atoms with Gasteiger partial charge in [0.05, 0.1) is 16.8 Å². The fraction of sp³-hybridized carbons (Fsp3) is 0.500. The smallest absolute Gasteiger partial charge is 0.163 e. The van der Waals surface area contributed by atoms with E-state index >= 15 is 0 Å². The van der Waals surface area contributed by atoms with Crippen molar-refractivity contribution in [3.63, 3.8) is 0 Å². The van der Waals surface area contributed by atoms with E-state index in [0.717, 1.165) is 17.7 Å². The molecule has 2 aromatic carbocycles. The minimum atomic E-state index is -0.125. The molecule has 5 heteroatoms. The molecule has 0 amide bonds. The van der Waals surface area contributed by atoms with Crippen LogP contribution in [0.5, 0.6) is 0 Å². The molecule has 39 heavy (non-hydrogen) atoms. The number of nitrogens with zero attached hydrogens (tertiary/aromatic N) is 3. The van der Waals surface area contributed by atoms with Gasteiger partial charge in [-0.05, 0) is 123 Å². The van der Waals surface area contributed by atoms with E-state index in [1.807, 2.05) is 17.1 Å². The van der Waals surface area contributed by atoms with Crippen LogP contribution in [-0.4, -0.2) is 27.3 Å². The van der Waals surface area contributed by atoms with Crippen molar-refractivity contribution in [2.75, 3.05) is 0 Å². The van der Waals surface area contributed by atoms with Gasteiger partial charge < -0.3 is 5.43 Å². The number of benzene rings is 2. The van der Waals surface area contributed by atoms with E-state index in [1.165, 1.54) is 44.5 Å². The van der Waals surface area contributed by atoms with Gasteiger partial charge in [0.15, 0.2) is 5.78 Å². The summed E-state index contributed by atoms with van der Waals surface area (Å²) < 4.78 is 1.90. The summed E-state index contributed by atoms with van der Waals surface area (Å²) >= 11 is 0. The Balaban J connectivity index is 0.000000283. The summed E-state index contributed by atoms with van der Waals surface area (Å²) in [6.45, 7) is 27.0. The minimum Gasteiger partial charge on any atom is -0.305 e. The predicted octanol–water partition coefficient (Wildman–Crippen LogP) is 7.89. The maximum Gasteiger partial charge on any atom is 0.163 e. The van der Waals surface area contributed by atoms with Crippen LogP contribution in [0.3, 0.4) is 0 Å². The highest BCUT2D eigenvalue weighted by molar-refractivity contribution is 5.95. The lowest BCUT2D eigenvalue weighted by atomic mass is 9.95. The van der Waals surface area contributed by atoms with Gasteiger partial charge in [0.2, 0.25) is 0 Å². The average Bonchev–Trinajstić information content (AvgIpc) is 3.20. The van der Waals surface area contributed by atoms with Crippen molar-refractivity contribution in [1.82, 2.24) is 15.2 Å². The van der Waals surface area contributed by atoms with Crippen molar-refractivity contribution >= 4 is 12.0 Å². The lowest BCUT2D eigenvalue weighted by Crippen LogP contribution is -2.31. The molecule has 0 saturated carbocycles.